The van der Waals surface area contributed by atoms with Gasteiger partial charge < -0.3 is 4.74 Å². The smallest absolute Gasteiger partial charge is 0.233 e. The van der Waals surface area contributed by atoms with Crippen molar-refractivity contribution < 1.29 is 9.53 Å². The second kappa shape index (κ2) is 11.2. The maximum Gasteiger partial charge on any atom is 0.233 e. The van der Waals surface area contributed by atoms with Crippen molar-refractivity contribution >= 4 is 56.6 Å². The van der Waals surface area contributed by atoms with Crippen LogP contribution < -0.4 is 4.90 Å². The highest BCUT2D eigenvalue weighted by Gasteiger charge is 2.21. The molecule has 0 saturated carbocycles. The molecule has 4 rings (SSSR count). The largest absolute Gasteiger partial charge is 0.379 e. The third-order valence-electron chi connectivity index (χ3n) is 5.32. The molecule has 0 bridgehead atoms. The van der Waals surface area contributed by atoms with Crippen LogP contribution in [0, 0.1) is 6.92 Å². The van der Waals surface area contributed by atoms with Gasteiger partial charge in [-0.15, -0.1) is 12.4 Å². The van der Waals surface area contributed by atoms with E-state index < -0.39 is 0 Å². The number of hydrogen-bond donors (Lipinski definition) is 0. The molecule has 166 valence electrons. The van der Waals surface area contributed by atoms with Gasteiger partial charge in [0, 0.05) is 31.2 Å². The molecular formula is C23H27Cl2N3O2S. The van der Waals surface area contributed by atoms with Gasteiger partial charge in [-0.3, -0.25) is 14.6 Å². The highest BCUT2D eigenvalue weighted by molar-refractivity contribution is 7.22. The molecule has 2 aromatic carbocycles. The molecule has 0 unspecified atom stereocenters. The number of aromatic nitrogens is 1. The lowest BCUT2D eigenvalue weighted by Crippen LogP contribution is -2.39. The van der Waals surface area contributed by atoms with Crippen LogP contribution in [0.1, 0.15) is 17.5 Å². The standard InChI is InChI=1S/C23H26ClN3O2S.ClH/c1-17-7-8-20-21(15-17)30-23(25-20)27(10-4-9-26-11-13-29-14-12-26)22(28)16-18-5-2-3-6-19(18)24;/h2-3,5-8,15H,4,9-14,16H2,1H3;1H. The minimum Gasteiger partial charge on any atom is -0.379 e. The summed E-state index contributed by atoms with van der Waals surface area (Å²) in [6.45, 7) is 7.13. The molecule has 1 aliphatic rings. The predicted octanol–water partition coefficient (Wildman–Crippen LogP) is 4.98. The Hall–Kier alpha value is -1.70. The third-order valence-corrected chi connectivity index (χ3v) is 6.73. The number of nitrogens with zero attached hydrogens (tertiary/aromatic N) is 3. The second-order valence-corrected chi connectivity index (χ2v) is 9.01. The van der Waals surface area contributed by atoms with E-state index in [2.05, 4.69) is 24.0 Å². The molecule has 3 aromatic rings. The number of benzene rings is 2. The van der Waals surface area contributed by atoms with Gasteiger partial charge in [-0.25, -0.2) is 4.98 Å². The van der Waals surface area contributed by atoms with Gasteiger partial charge >= 0.3 is 0 Å². The number of rotatable bonds is 7. The molecule has 1 aromatic heterocycles. The van der Waals surface area contributed by atoms with Crippen LogP contribution in [0.25, 0.3) is 10.2 Å². The van der Waals surface area contributed by atoms with E-state index in [1.807, 2.05) is 35.2 Å². The summed E-state index contributed by atoms with van der Waals surface area (Å²) in [6, 6.07) is 13.7. The van der Waals surface area contributed by atoms with Gasteiger partial charge in [-0.05, 0) is 42.7 Å². The maximum absolute atomic E-state index is 13.3. The Morgan fingerprint density at radius 1 is 1.23 bits per heavy atom. The summed E-state index contributed by atoms with van der Waals surface area (Å²) in [6.07, 6.45) is 1.16. The van der Waals surface area contributed by atoms with Gasteiger partial charge in [0.25, 0.3) is 0 Å². The highest BCUT2D eigenvalue weighted by Crippen LogP contribution is 2.30. The topological polar surface area (TPSA) is 45.7 Å². The predicted molar refractivity (Wildman–Crippen MR) is 131 cm³/mol. The Morgan fingerprint density at radius 2 is 2.00 bits per heavy atom. The molecule has 1 saturated heterocycles. The maximum atomic E-state index is 13.3. The Kier molecular flexibility index (Phi) is 8.69. The van der Waals surface area contributed by atoms with Crippen molar-refractivity contribution in [3.8, 4) is 0 Å². The zero-order valence-corrected chi connectivity index (χ0v) is 19.9. The van der Waals surface area contributed by atoms with Crippen LogP contribution in [-0.4, -0.2) is 55.2 Å². The van der Waals surface area contributed by atoms with Gasteiger partial charge in [-0.2, -0.15) is 0 Å². The van der Waals surface area contributed by atoms with Gasteiger partial charge in [0.15, 0.2) is 5.13 Å². The van der Waals surface area contributed by atoms with Crippen LogP contribution in [0.2, 0.25) is 5.02 Å². The number of hydrogen-bond acceptors (Lipinski definition) is 5. The molecule has 31 heavy (non-hydrogen) atoms. The Labute approximate surface area is 198 Å². The van der Waals surface area contributed by atoms with Crippen molar-refractivity contribution in [3.05, 3.63) is 58.6 Å². The van der Waals surface area contributed by atoms with E-state index in [4.69, 9.17) is 21.3 Å². The van der Waals surface area contributed by atoms with E-state index in [0.717, 1.165) is 60.2 Å². The fourth-order valence-electron chi connectivity index (χ4n) is 3.64. The van der Waals surface area contributed by atoms with Crippen molar-refractivity contribution in [1.29, 1.82) is 0 Å². The second-order valence-electron chi connectivity index (χ2n) is 7.59. The van der Waals surface area contributed by atoms with Crippen LogP contribution in [0.15, 0.2) is 42.5 Å². The first-order valence-corrected chi connectivity index (χ1v) is 11.5. The van der Waals surface area contributed by atoms with E-state index in [-0.39, 0.29) is 24.7 Å². The first kappa shape index (κ1) is 24.0. The van der Waals surface area contributed by atoms with Gasteiger partial charge in [0.1, 0.15) is 0 Å². The Balaban J connectivity index is 0.00000272. The molecule has 1 fully saturated rings. The van der Waals surface area contributed by atoms with Crippen molar-refractivity contribution in [2.45, 2.75) is 19.8 Å². The molecule has 5 nitrogen and oxygen atoms in total. The Morgan fingerprint density at radius 3 is 2.77 bits per heavy atom. The van der Waals surface area contributed by atoms with Crippen molar-refractivity contribution in [2.24, 2.45) is 0 Å². The van der Waals surface area contributed by atoms with Gasteiger partial charge in [0.05, 0.1) is 29.9 Å². The lowest BCUT2D eigenvalue weighted by Gasteiger charge is -2.27. The average molecular weight is 480 g/mol. The summed E-state index contributed by atoms with van der Waals surface area (Å²) < 4.78 is 6.53. The SMILES string of the molecule is Cc1ccc2nc(N(CCCN3CCOCC3)C(=O)Cc3ccccc3Cl)sc2c1.Cl. The van der Waals surface area contributed by atoms with Crippen molar-refractivity contribution in [3.63, 3.8) is 0 Å². The van der Waals surface area contributed by atoms with E-state index in [1.165, 1.54) is 5.56 Å². The van der Waals surface area contributed by atoms with Crippen LogP contribution in [0.3, 0.4) is 0 Å². The summed E-state index contributed by atoms with van der Waals surface area (Å²) in [5, 5.41) is 1.38. The van der Waals surface area contributed by atoms with Gasteiger partial charge in [-0.1, -0.05) is 47.2 Å². The highest BCUT2D eigenvalue weighted by atomic mass is 35.5. The molecular weight excluding hydrogens is 453 g/mol. The molecule has 0 spiro atoms. The van der Waals surface area contributed by atoms with Crippen molar-refractivity contribution in [2.75, 3.05) is 44.3 Å². The minimum atomic E-state index is 0. The Bertz CT molecular complexity index is 1020. The number of morpholine rings is 1. The summed E-state index contributed by atoms with van der Waals surface area (Å²) in [4.78, 5) is 22.3. The molecule has 1 amide bonds. The number of fused-ring (bicyclic) bond motifs is 1. The third kappa shape index (κ3) is 6.18. The molecule has 1 aliphatic heterocycles. The molecule has 8 heteroatoms. The van der Waals surface area contributed by atoms with Crippen LogP contribution in [-0.2, 0) is 16.0 Å². The summed E-state index contributed by atoms with van der Waals surface area (Å²) in [5.41, 5.74) is 2.97. The molecule has 2 heterocycles. The molecule has 0 radical (unpaired) electrons. The number of ether oxygens (including phenoxy) is 1. The first-order valence-electron chi connectivity index (χ1n) is 10.3. The number of carbonyl (C=O) groups excluding carboxylic acids is 1. The van der Waals surface area contributed by atoms with Crippen LogP contribution >= 0.6 is 35.3 Å². The number of carbonyl (C=O) groups is 1. The lowest BCUT2D eigenvalue weighted by atomic mass is 10.1. The lowest BCUT2D eigenvalue weighted by molar-refractivity contribution is -0.118. The zero-order chi connectivity index (χ0) is 20.9. The fraction of sp³-hybridized carbons (Fsp3) is 0.391. The zero-order valence-electron chi connectivity index (χ0n) is 17.6. The first-order chi connectivity index (χ1) is 14.6. The van der Waals surface area contributed by atoms with E-state index in [9.17, 15) is 4.79 Å². The molecule has 0 aliphatic carbocycles. The van der Waals surface area contributed by atoms with Crippen LogP contribution in [0.5, 0.6) is 0 Å². The van der Waals surface area contributed by atoms with E-state index in [1.54, 1.807) is 11.3 Å². The average Bonchev–Trinajstić information content (AvgIpc) is 3.16. The summed E-state index contributed by atoms with van der Waals surface area (Å²) >= 11 is 7.88. The van der Waals surface area contributed by atoms with E-state index >= 15 is 0 Å². The number of thiazole rings is 1. The van der Waals surface area contributed by atoms with Gasteiger partial charge in [0.2, 0.25) is 5.91 Å². The number of amides is 1. The summed E-state index contributed by atoms with van der Waals surface area (Å²) in [5.74, 6) is 0.0286. The molecule has 0 atom stereocenters. The fourth-order valence-corrected chi connectivity index (χ4v) is 4.95. The van der Waals surface area contributed by atoms with Crippen molar-refractivity contribution in [1.82, 2.24) is 9.88 Å². The summed E-state index contributed by atoms with van der Waals surface area (Å²) in [7, 11) is 0. The number of aryl methyl sites for hydroxylation is 1. The minimum absolute atomic E-state index is 0. The van der Waals surface area contributed by atoms with E-state index in [0.29, 0.717) is 11.6 Å². The molecule has 0 N–H and O–H groups in total. The number of halogens is 2. The quantitative estimate of drug-likeness (QED) is 0.479. The normalized spacial score (nSPS) is 14.4. The van der Waals surface area contributed by atoms with Crippen LogP contribution in [0.4, 0.5) is 5.13 Å². The number of anilines is 1. The monoisotopic (exact) mass is 479 g/mol.